The third-order valence-corrected chi connectivity index (χ3v) is 3.45. The molecule has 1 N–H and O–H groups in total. The second kappa shape index (κ2) is 4.31. The topological polar surface area (TPSA) is 72.2 Å². The van der Waals surface area contributed by atoms with Crippen molar-refractivity contribution in [3.05, 3.63) is 38.6 Å². The number of halogens is 1. The van der Waals surface area contributed by atoms with Gasteiger partial charge in [0.25, 0.3) is 5.56 Å². The summed E-state index contributed by atoms with van der Waals surface area (Å²) in [5, 5.41) is 12.9. The van der Waals surface area contributed by atoms with Crippen LogP contribution >= 0.6 is 22.9 Å². The summed E-state index contributed by atoms with van der Waals surface area (Å²) in [5.74, 6) is -1.27. The Kier molecular flexibility index (Phi) is 2.99. The Balaban J connectivity index is 2.74. The second-order valence-electron chi connectivity index (χ2n) is 3.27. The van der Waals surface area contributed by atoms with E-state index in [2.05, 4.69) is 5.10 Å². The Morgan fingerprint density at radius 3 is 2.76 bits per heavy atom. The number of aromatic carboxylic acids is 1. The average Bonchev–Trinajstić information content (AvgIpc) is 2.68. The fourth-order valence-electron chi connectivity index (χ4n) is 1.39. The number of aryl methyl sites for hydroxylation is 1. The zero-order valence-electron chi connectivity index (χ0n) is 8.68. The largest absolute Gasteiger partial charge is 0.477 e. The summed E-state index contributed by atoms with van der Waals surface area (Å²) in [4.78, 5) is 23.4. The lowest BCUT2D eigenvalue weighted by Gasteiger charge is -2.04. The van der Waals surface area contributed by atoms with Crippen LogP contribution < -0.4 is 5.56 Å². The second-order valence-corrected chi connectivity index (χ2v) is 4.99. The lowest BCUT2D eigenvalue weighted by molar-refractivity contribution is 0.0695. The molecule has 0 saturated heterocycles. The van der Waals surface area contributed by atoms with Crippen molar-refractivity contribution in [2.24, 2.45) is 7.05 Å². The van der Waals surface area contributed by atoms with E-state index in [4.69, 9.17) is 16.7 Å². The highest BCUT2D eigenvalue weighted by molar-refractivity contribution is 7.19. The van der Waals surface area contributed by atoms with Gasteiger partial charge in [0.1, 0.15) is 5.56 Å². The normalized spacial score (nSPS) is 10.5. The summed E-state index contributed by atoms with van der Waals surface area (Å²) in [7, 11) is 1.40. The molecule has 2 aromatic heterocycles. The first-order valence-electron chi connectivity index (χ1n) is 4.56. The molecule has 2 rings (SSSR count). The highest BCUT2D eigenvalue weighted by atomic mass is 35.5. The van der Waals surface area contributed by atoms with Crippen molar-refractivity contribution >= 4 is 28.9 Å². The Morgan fingerprint density at radius 1 is 1.53 bits per heavy atom. The number of hydrogen-bond donors (Lipinski definition) is 1. The molecule has 7 heteroatoms. The van der Waals surface area contributed by atoms with Gasteiger partial charge in [-0.1, -0.05) is 11.6 Å². The quantitative estimate of drug-likeness (QED) is 0.904. The Morgan fingerprint density at radius 2 is 2.24 bits per heavy atom. The average molecular weight is 271 g/mol. The maximum Gasteiger partial charge on any atom is 0.342 e. The molecular weight excluding hydrogens is 264 g/mol. The Labute approximate surface area is 105 Å². The van der Waals surface area contributed by atoms with Gasteiger partial charge in [-0.05, 0) is 12.1 Å². The number of rotatable bonds is 2. The molecular formula is C10H7ClN2O3S. The monoisotopic (exact) mass is 270 g/mol. The van der Waals surface area contributed by atoms with Crippen LogP contribution in [0.1, 0.15) is 10.4 Å². The number of thiophene rings is 1. The summed E-state index contributed by atoms with van der Waals surface area (Å²) in [6.45, 7) is 0. The van der Waals surface area contributed by atoms with E-state index in [0.717, 1.165) is 4.68 Å². The minimum Gasteiger partial charge on any atom is -0.477 e. The van der Waals surface area contributed by atoms with Crippen LogP contribution in [0.25, 0.3) is 10.4 Å². The first-order chi connectivity index (χ1) is 8.00. The highest BCUT2D eigenvalue weighted by Crippen LogP contribution is 2.31. The Hall–Kier alpha value is -1.66. The van der Waals surface area contributed by atoms with Gasteiger partial charge in [0, 0.05) is 17.5 Å². The summed E-state index contributed by atoms with van der Waals surface area (Å²) in [6.07, 6.45) is 1.35. The lowest BCUT2D eigenvalue weighted by atomic mass is 10.1. The first-order valence-corrected chi connectivity index (χ1v) is 5.75. The molecule has 0 fully saturated rings. The van der Waals surface area contributed by atoms with Crippen LogP contribution in [0.4, 0.5) is 0 Å². The number of carbonyl (C=O) groups is 1. The van der Waals surface area contributed by atoms with E-state index < -0.39 is 11.5 Å². The zero-order valence-corrected chi connectivity index (χ0v) is 10.2. The van der Waals surface area contributed by atoms with E-state index in [-0.39, 0.29) is 11.1 Å². The van der Waals surface area contributed by atoms with Crippen LogP contribution in [0.15, 0.2) is 23.1 Å². The SMILES string of the molecule is Cn1ncc(-c2ccc(Cl)s2)c(C(=O)O)c1=O. The van der Waals surface area contributed by atoms with E-state index >= 15 is 0 Å². The molecule has 2 heterocycles. The molecule has 17 heavy (non-hydrogen) atoms. The highest BCUT2D eigenvalue weighted by Gasteiger charge is 2.19. The van der Waals surface area contributed by atoms with Gasteiger partial charge >= 0.3 is 5.97 Å². The summed E-state index contributed by atoms with van der Waals surface area (Å²) in [6, 6.07) is 3.31. The molecule has 88 valence electrons. The standard InChI is InChI=1S/C10H7ClN2O3S/c1-13-9(14)8(10(15)16)5(4-12-13)6-2-3-7(11)17-6/h2-4H,1H3,(H,15,16). The fourth-order valence-corrected chi connectivity index (χ4v) is 2.45. The van der Waals surface area contributed by atoms with Gasteiger partial charge < -0.3 is 5.11 Å². The maximum atomic E-state index is 11.7. The molecule has 0 aliphatic heterocycles. The molecule has 0 bridgehead atoms. The molecule has 0 unspecified atom stereocenters. The van der Waals surface area contributed by atoms with Crippen LogP contribution in [0.5, 0.6) is 0 Å². The van der Waals surface area contributed by atoms with Crippen LogP contribution in [0, 0.1) is 0 Å². The summed E-state index contributed by atoms with van der Waals surface area (Å²) >= 11 is 6.98. The van der Waals surface area contributed by atoms with Crippen LogP contribution in [-0.4, -0.2) is 20.9 Å². The van der Waals surface area contributed by atoms with Gasteiger partial charge in [0.05, 0.1) is 10.5 Å². The maximum absolute atomic E-state index is 11.7. The van der Waals surface area contributed by atoms with Gasteiger partial charge in [-0.3, -0.25) is 4.79 Å². The van der Waals surface area contributed by atoms with E-state index in [9.17, 15) is 9.59 Å². The third kappa shape index (κ3) is 2.09. The minimum atomic E-state index is -1.27. The van der Waals surface area contributed by atoms with Crippen molar-refractivity contribution in [1.82, 2.24) is 9.78 Å². The lowest BCUT2D eigenvalue weighted by Crippen LogP contribution is -2.26. The minimum absolute atomic E-state index is 0.289. The molecule has 0 saturated carbocycles. The number of hydrogen-bond acceptors (Lipinski definition) is 4. The van der Waals surface area contributed by atoms with Gasteiger partial charge in [-0.2, -0.15) is 5.10 Å². The molecule has 0 aromatic carbocycles. The smallest absolute Gasteiger partial charge is 0.342 e. The molecule has 0 spiro atoms. The Bertz CT molecular complexity index is 647. The molecule has 0 atom stereocenters. The predicted octanol–water partition coefficient (Wildman–Crippen LogP) is 1.86. The van der Waals surface area contributed by atoms with Crippen molar-refractivity contribution in [1.29, 1.82) is 0 Å². The van der Waals surface area contributed by atoms with Crippen molar-refractivity contribution in [2.45, 2.75) is 0 Å². The van der Waals surface area contributed by atoms with E-state index in [1.165, 1.54) is 24.6 Å². The van der Waals surface area contributed by atoms with Gasteiger partial charge in [-0.15, -0.1) is 11.3 Å². The van der Waals surface area contributed by atoms with Crippen molar-refractivity contribution in [2.75, 3.05) is 0 Å². The molecule has 0 aliphatic rings. The molecule has 0 amide bonds. The third-order valence-electron chi connectivity index (χ3n) is 2.19. The number of aromatic nitrogens is 2. The van der Waals surface area contributed by atoms with Gasteiger partial charge in [0.15, 0.2) is 0 Å². The molecule has 2 aromatic rings. The van der Waals surface area contributed by atoms with Crippen molar-refractivity contribution < 1.29 is 9.90 Å². The summed E-state index contributed by atoms with van der Waals surface area (Å²) in [5.41, 5.74) is -0.641. The van der Waals surface area contributed by atoms with E-state index in [1.807, 2.05) is 0 Å². The fraction of sp³-hybridized carbons (Fsp3) is 0.100. The predicted molar refractivity (Wildman–Crippen MR) is 64.8 cm³/mol. The van der Waals surface area contributed by atoms with Crippen molar-refractivity contribution in [3.63, 3.8) is 0 Å². The van der Waals surface area contributed by atoms with Crippen LogP contribution in [0.2, 0.25) is 4.34 Å². The van der Waals surface area contributed by atoms with Crippen LogP contribution in [-0.2, 0) is 7.05 Å². The van der Waals surface area contributed by atoms with Crippen molar-refractivity contribution in [3.8, 4) is 10.4 Å². The number of carboxylic acid groups (broad SMARTS) is 1. The van der Waals surface area contributed by atoms with Crippen LogP contribution in [0.3, 0.4) is 0 Å². The number of nitrogens with zero attached hydrogens (tertiary/aromatic N) is 2. The van der Waals surface area contributed by atoms with Gasteiger partial charge in [-0.25, -0.2) is 9.48 Å². The van der Waals surface area contributed by atoms with E-state index in [0.29, 0.717) is 9.21 Å². The molecule has 5 nitrogen and oxygen atoms in total. The molecule has 0 aliphatic carbocycles. The summed E-state index contributed by atoms with van der Waals surface area (Å²) < 4.78 is 1.51. The zero-order chi connectivity index (χ0) is 12.6. The first kappa shape index (κ1) is 11.8. The number of carboxylic acids is 1. The molecule has 0 radical (unpaired) electrons. The van der Waals surface area contributed by atoms with Gasteiger partial charge in [0.2, 0.25) is 0 Å². The van der Waals surface area contributed by atoms with E-state index in [1.54, 1.807) is 12.1 Å².